The largest absolute Gasteiger partial charge is 0.494 e. The Morgan fingerprint density at radius 2 is 2.00 bits per heavy atom. The van der Waals surface area contributed by atoms with Crippen LogP contribution >= 0.6 is 0 Å². The van der Waals surface area contributed by atoms with Crippen LogP contribution in [0.5, 0.6) is 5.75 Å². The Labute approximate surface area is 83.3 Å². The lowest BCUT2D eigenvalue weighted by Crippen LogP contribution is -2.02. The van der Waals surface area contributed by atoms with Gasteiger partial charge in [0.25, 0.3) is 0 Å². The van der Waals surface area contributed by atoms with Crippen molar-refractivity contribution >= 4 is 5.97 Å². The maximum atomic E-state index is 10.8. The summed E-state index contributed by atoms with van der Waals surface area (Å²) in [5.41, 5.74) is 1.92. The molecule has 0 bridgehead atoms. The van der Waals surface area contributed by atoms with E-state index in [1.165, 1.54) is 0 Å². The minimum Gasteiger partial charge on any atom is -0.494 e. The zero-order chi connectivity index (χ0) is 10.7. The van der Waals surface area contributed by atoms with E-state index in [-0.39, 0.29) is 0 Å². The van der Waals surface area contributed by atoms with Gasteiger partial charge in [0.05, 0.1) is 12.2 Å². The molecule has 14 heavy (non-hydrogen) atoms. The molecule has 0 saturated carbocycles. The van der Waals surface area contributed by atoms with Crippen LogP contribution < -0.4 is 4.74 Å². The van der Waals surface area contributed by atoms with Gasteiger partial charge in [-0.3, -0.25) is 0 Å². The maximum Gasteiger partial charge on any atom is 0.335 e. The molecule has 0 fully saturated rings. The van der Waals surface area contributed by atoms with E-state index >= 15 is 0 Å². The van der Waals surface area contributed by atoms with Crippen LogP contribution in [0.4, 0.5) is 0 Å². The van der Waals surface area contributed by atoms with Crippen molar-refractivity contribution in [1.29, 1.82) is 0 Å². The average molecular weight is 194 g/mol. The lowest BCUT2D eigenvalue weighted by Gasteiger charge is -2.09. The number of hydrogen-bond donors (Lipinski definition) is 1. The van der Waals surface area contributed by atoms with Crippen LogP contribution in [0.15, 0.2) is 12.1 Å². The van der Waals surface area contributed by atoms with Gasteiger partial charge in [-0.1, -0.05) is 0 Å². The highest BCUT2D eigenvalue weighted by atomic mass is 16.5. The number of ether oxygens (including phenoxy) is 1. The quantitative estimate of drug-likeness (QED) is 0.803. The van der Waals surface area contributed by atoms with E-state index in [0.717, 1.165) is 16.9 Å². The number of rotatable bonds is 3. The molecular formula is C11H14O3. The number of hydrogen-bond acceptors (Lipinski definition) is 2. The molecule has 0 aromatic heterocycles. The average Bonchev–Trinajstić information content (AvgIpc) is 2.10. The molecule has 0 heterocycles. The van der Waals surface area contributed by atoms with Gasteiger partial charge in [0.15, 0.2) is 0 Å². The van der Waals surface area contributed by atoms with Crippen LogP contribution in [0.3, 0.4) is 0 Å². The van der Waals surface area contributed by atoms with Crippen molar-refractivity contribution in [2.75, 3.05) is 6.61 Å². The first kappa shape index (κ1) is 10.6. The van der Waals surface area contributed by atoms with Crippen LogP contribution in [0.1, 0.15) is 28.4 Å². The molecule has 0 unspecified atom stereocenters. The Kier molecular flexibility index (Phi) is 3.12. The molecule has 0 aliphatic heterocycles. The minimum absolute atomic E-state index is 0.339. The molecule has 0 aliphatic carbocycles. The van der Waals surface area contributed by atoms with Gasteiger partial charge in [0.1, 0.15) is 5.75 Å². The minimum atomic E-state index is -0.895. The van der Waals surface area contributed by atoms with E-state index in [2.05, 4.69) is 0 Å². The zero-order valence-electron chi connectivity index (χ0n) is 8.63. The third-order valence-electron chi connectivity index (χ3n) is 2.05. The van der Waals surface area contributed by atoms with E-state index < -0.39 is 5.97 Å². The molecular weight excluding hydrogens is 180 g/mol. The molecule has 3 nitrogen and oxygen atoms in total. The summed E-state index contributed by atoms with van der Waals surface area (Å²) in [6.07, 6.45) is 0. The van der Waals surface area contributed by atoms with E-state index in [9.17, 15) is 4.79 Å². The highest BCUT2D eigenvalue weighted by Gasteiger charge is 2.10. The van der Waals surface area contributed by atoms with Gasteiger partial charge in [0.2, 0.25) is 0 Å². The van der Waals surface area contributed by atoms with Gasteiger partial charge in [-0.2, -0.15) is 0 Å². The van der Waals surface area contributed by atoms with Crippen LogP contribution in [0, 0.1) is 13.8 Å². The van der Waals surface area contributed by atoms with Gasteiger partial charge in [-0.05, 0) is 44.0 Å². The van der Waals surface area contributed by atoms with Crippen molar-refractivity contribution in [2.45, 2.75) is 20.8 Å². The van der Waals surface area contributed by atoms with Gasteiger partial charge < -0.3 is 9.84 Å². The SMILES string of the molecule is CCOc1cc(C)c(C(=O)O)cc1C. The fourth-order valence-corrected chi connectivity index (χ4v) is 1.33. The van der Waals surface area contributed by atoms with Crippen molar-refractivity contribution in [3.63, 3.8) is 0 Å². The molecule has 3 heteroatoms. The molecule has 0 radical (unpaired) electrons. The summed E-state index contributed by atoms with van der Waals surface area (Å²) >= 11 is 0. The fraction of sp³-hybridized carbons (Fsp3) is 0.364. The van der Waals surface area contributed by atoms with Crippen molar-refractivity contribution in [1.82, 2.24) is 0 Å². The lowest BCUT2D eigenvalue weighted by atomic mass is 10.0. The van der Waals surface area contributed by atoms with E-state index in [1.807, 2.05) is 13.8 Å². The number of carboxylic acid groups (broad SMARTS) is 1. The molecule has 0 spiro atoms. The Bertz CT molecular complexity index is 356. The monoisotopic (exact) mass is 194 g/mol. The first-order valence-corrected chi connectivity index (χ1v) is 4.53. The second-order valence-corrected chi connectivity index (χ2v) is 3.17. The molecule has 0 atom stereocenters. The molecule has 1 aromatic rings. The summed E-state index contributed by atoms with van der Waals surface area (Å²) in [6, 6.07) is 3.41. The molecule has 76 valence electrons. The van der Waals surface area contributed by atoms with Gasteiger partial charge in [0, 0.05) is 0 Å². The molecule has 0 saturated heterocycles. The number of carbonyl (C=O) groups is 1. The summed E-state index contributed by atoms with van der Waals surface area (Å²) in [4.78, 5) is 10.8. The van der Waals surface area contributed by atoms with Crippen LogP contribution in [-0.4, -0.2) is 17.7 Å². The summed E-state index contributed by atoms with van der Waals surface area (Å²) < 4.78 is 5.36. The van der Waals surface area contributed by atoms with E-state index in [0.29, 0.717) is 12.2 Å². The van der Waals surface area contributed by atoms with Crippen molar-refractivity contribution < 1.29 is 14.6 Å². The third-order valence-corrected chi connectivity index (χ3v) is 2.05. The Balaban J connectivity index is 3.17. The number of aryl methyl sites for hydroxylation is 2. The van der Waals surface area contributed by atoms with Crippen LogP contribution in [0.25, 0.3) is 0 Å². The third kappa shape index (κ3) is 2.05. The highest BCUT2D eigenvalue weighted by Crippen LogP contribution is 2.22. The van der Waals surface area contributed by atoms with Crippen molar-refractivity contribution in [2.24, 2.45) is 0 Å². The first-order chi connectivity index (χ1) is 6.56. The Morgan fingerprint density at radius 1 is 1.36 bits per heavy atom. The number of carboxylic acids is 1. The Morgan fingerprint density at radius 3 is 2.50 bits per heavy atom. The van der Waals surface area contributed by atoms with Crippen molar-refractivity contribution in [3.05, 3.63) is 28.8 Å². The first-order valence-electron chi connectivity index (χ1n) is 4.53. The summed E-state index contributed by atoms with van der Waals surface area (Å²) in [6.45, 7) is 6.11. The number of benzene rings is 1. The van der Waals surface area contributed by atoms with Crippen LogP contribution in [0.2, 0.25) is 0 Å². The fourth-order valence-electron chi connectivity index (χ4n) is 1.33. The second-order valence-electron chi connectivity index (χ2n) is 3.17. The number of aromatic carboxylic acids is 1. The second kappa shape index (κ2) is 4.13. The maximum absolute atomic E-state index is 10.8. The topological polar surface area (TPSA) is 46.5 Å². The van der Waals surface area contributed by atoms with Crippen molar-refractivity contribution in [3.8, 4) is 5.75 Å². The lowest BCUT2D eigenvalue weighted by molar-refractivity contribution is 0.0696. The Hall–Kier alpha value is -1.51. The summed E-state index contributed by atoms with van der Waals surface area (Å²) in [5, 5.41) is 8.87. The predicted octanol–water partition coefficient (Wildman–Crippen LogP) is 2.40. The highest BCUT2D eigenvalue weighted by molar-refractivity contribution is 5.89. The van der Waals surface area contributed by atoms with Gasteiger partial charge in [-0.25, -0.2) is 4.79 Å². The molecule has 0 aliphatic rings. The van der Waals surface area contributed by atoms with E-state index in [4.69, 9.17) is 9.84 Å². The smallest absolute Gasteiger partial charge is 0.335 e. The summed E-state index contributed by atoms with van der Waals surface area (Å²) in [7, 11) is 0. The molecule has 1 aromatic carbocycles. The van der Waals surface area contributed by atoms with E-state index in [1.54, 1.807) is 19.1 Å². The zero-order valence-corrected chi connectivity index (χ0v) is 8.63. The van der Waals surface area contributed by atoms with Crippen LogP contribution in [-0.2, 0) is 0 Å². The van der Waals surface area contributed by atoms with Gasteiger partial charge >= 0.3 is 5.97 Å². The molecule has 1 rings (SSSR count). The normalized spacial score (nSPS) is 9.93. The standard InChI is InChI=1S/C11H14O3/c1-4-14-10-6-7(2)9(11(12)13)5-8(10)3/h5-6H,4H2,1-3H3,(H,12,13). The molecule has 1 N–H and O–H groups in total. The predicted molar refractivity (Wildman–Crippen MR) is 54.0 cm³/mol. The summed E-state index contributed by atoms with van der Waals surface area (Å²) in [5.74, 6) is -0.136. The van der Waals surface area contributed by atoms with Gasteiger partial charge in [-0.15, -0.1) is 0 Å². The molecule has 0 amide bonds.